The zero-order chi connectivity index (χ0) is 15.4. The van der Waals surface area contributed by atoms with Crippen LogP contribution in [0.2, 0.25) is 0 Å². The van der Waals surface area contributed by atoms with Crippen LogP contribution in [-0.2, 0) is 4.79 Å². The van der Waals surface area contributed by atoms with E-state index in [-0.39, 0.29) is 11.8 Å². The van der Waals surface area contributed by atoms with E-state index in [2.05, 4.69) is 32.4 Å². The van der Waals surface area contributed by atoms with Crippen LogP contribution in [0, 0.1) is 11.8 Å². The summed E-state index contributed by atoms with van der Waals surface area (Å²) < 4.78 is 0. The van der Waals surface area contributed by atoms with Crippen LogP contribution in [0.5, 0.6) is 0 Å². The van der Waals surface area contributed by atoms with Crippen molar-refractivity contribution in [3.63, 3.8) is 0 Å². The van der Waals surface area contributed by atoms with Gasteiger partial charge in [-0.05, 0) is 37.8 Å². The highest BCUT2D eigenvalue weighted by atomic mass is 16.2. The number of carbonyl (C=O) groups excluding carboxylic acids is 1. The van der Waals surface area contributed by atoms with Crippen LogP contribution in [-0.4, -0.2) is 48.1 Å². The minimum absolute atomic E-state index is 0.128. The van der Waals surface area contributed by atoms with Crippen molar-refractivity contribution in [2.75, 3.05) is 31.1 Å². The fraction of sp³-hybridized carbons (Fsp3) is 0.688. The Morgan fingerprint density at radius 3 is 2.86 bits per heavy atom. The predicted molar refractivity (Wildman–Crippen MR) is 85.6 cm³/mol. The van der Waals surface area contributed by atoms with Gasteiger partial charge in [-0.3, -0.25) is 4.79 Å². The van der Waals surface area contributed by atoms with E-state index in [0.717, 1.165) is 51.3 Å². The van der Waals surface area contributed by atoms with Crippen LogP contribution in [0.1, 0.15) is 26.2 Å². The monoisotopic (exact) mass is 303 g/mol. The van der Waals surface area contributed by atoms with Crippen LogP contribution in [0.4, 0.5) is 5.82 Å². The molecule has 120 valence electrons. The van der Waals surface area contributed by atoms with Gasteiger partial charge in [-0.25, -0.2) is 9.97 Å². The lowest BCUT2D eigenvalue weighted by atomic mass is 9.90. The molecule has 1 aromatic rings. The summed E-state index contributed by atoms with van der Waals surface area (Å²) >= 11 is 0. The van der Waals surface area contributed by atoms with Crippen molar-refractivity contribution in [1.82, 2.24) is 20.6 Å². The zero-order valence-electron chi connectivity index (χ0n) is 13.2. The van der Waals surface area contributed by atoms with Gasteiger partial charge >= 0.3 is 0 Å². The quantitative estimate of drug-likeness (QED) is 0.864. The molecule has 2 aliphatic rings. The van der Waals surface area contributed by atoms with E-state index < -0.39 is 0 Å². The van der Waals surface area contributed by atoms with Gasteiger partial charge < -0.3 is 15.5 Å². The van der Waals surface area contributed by atoms with Gasteiger partial charge in [-0.15, -0.1) is 0 Å². The molecule has 2 N–H and O–H groups in total. The molecule has 3 heterocycles. The number of hydrogen-bond acceptors (Lipinski definition) is 5. The fourth-order valence-electron chi connectivity index (χ4n) is 3.40. The molecule has 0 aromatic carbocycles. The van der Waals surface area contributed by atoms with Gasteiger partial charge in [0.1, 0.15) is 12.1 Å². The average molecular weight is 303 g/mol. The molecule has 6 nitrogen and oxygen atoms in total. The summed E-state index contributed by atoms with van der Waals surface area (Å²) in [6, 6.07) is 2.23. The Hall–Kier alpha value is -1.69. The summed E-state index contributed by atoms with van der Waals surface area (Å²) in [5.74, 6) is 1.91. The summed E-state index contributed by atoms with van der Waals surface area (Å²) in [6.45, 7) is 5.91. The first kappa shape index (κ1) is 15.2. The third-order valence-electron chi connectivity index (χ3n) is 4.67. The molecular weight excluding hydrogens is 278 g/mol. The van der Waals surface area contributed by atoms with Crippen molar-refractivity contribution in [3.8, 4) is 0 Å². The first-order valence-electron chi connectivity index (χ1n) is 8.24. The van der Waals surface area contributed by atoms with E-state index in [1.807, 2.05) is 6.07 Å². The Labute approximate surface area is 131 Å². The number of nitrogens with zero attached hydrogens (tertiary/aromatic N) is 3. The van der Waals surface area contributed by atoms with Crippen LogP contribution in [0.3, 0.4) is 0 Å². The maximum Gasteiger partial charge on any atom is 0.224 e. The summed E-state index contributed by atoms with van der Waals surface area (Å²) in [7, 11) is 0. The largest absolute Gasteiger partial charge is 0.356 e. The second-order valence-corrected chi connectivity index (χ2v) is 6.53. The maximum atomic E-state index is 12.4. The maximum absolute atomic E-state index is 12.4. The molecule has 2 aliphatic heterocycles. The first-order valence-corrected chi connectivity index (χ1v) is 8.24. The Morgan fingerprint density at radius 2 is 2.18 bits per heavy atom. The number of anilines is 1. The van der Waals surface area contributed by atoms with E-state index >= 15 is 0 Å². The SMILES string of the molecule is CC1CNCC(C(=O)NC2CCN(c3ccncn3)CC2)C1. The van der Waals surface area contributed by atoms with Gasteiger partial charge in [-0.1, -0.05) is 6.92 Å². The molecule has 22 heavy (non-hydrogen) atoms. The first-order chi connectivity index (χ1) is 10.7. The molecule has 6 heteroatoms. The van der Waals surface area contributed by atoms with Crippen LogP contribution in [0.25, 0.3) is 0 Å². The lowest BCUT2D eigenvalue weighted by molar-refractivity contribution is -0.126. The molecule has 0 spiro atoms. The fourth-order valence-corrected chi connectivity index (χ4v) is 3.40. The van der Waals surface area contributed by atoms with E-state index in [4.69, 9.17) is 0 Å². The highest BCUT2D eigenvalue weighted by Crippen LogP contribution is 2.19. The van der Waals surface area contributed by atoms with Crippen LogP contribution >= 0.6 is 0 Å². The molecule has 3 rings (SSSR count). The third kappa shape index (κ3) is 3.74. The molecule has 0 radical (unpaired) electrons. The molecule has 2 atom stereocenters. The van der Waals surface area contributed by atoms with E-state index in [9.17, 15) is 4.79 Å². The molecule has 1 amide bonds. The van der Waals surface area contributed by atoms with Gasteiger partial charge in [0.2, 0.25) is 5.91 Å². The number of nitrogens with one attached hydrogen (secondary N) is 2. The van der Waals surface area contributed by atoms with Crippen LogP contribution in [0.15, 0.2) is 18.6 Å². The Morgan fingerprint density at radius 1 is 1.36 bits per heavy atom. The van der Waals surface area contributed by atoms with E-state index in [0.29, 0.717) is 12.0 Å². The van der Waals surface area contributed by atoms with Crippen molar-refractivity contribution in [3.05, 3.63) is 18.6 Å². The van der Waals surface area contributed by atoms with Gasteiger partial charge in [0.15, 0.2) is 0 Å². The predicted octanol–water partition coefficient (Wildman–Crippen LogP) is 0.807. The number of hydrogen-bond donors (Lipinski definition) is 2. The molecule has 2 fully saturated rings. The highest BCUT2D eigenvalue weighted by Gasteiger charge is 2.28. The second-order valence-electron chi connectivity index (χ2n) is 6.53. The smallest absolute Gasteiger partial charge is 0.224 e. The number of piperidine rings is 2. The molecule has 1 aromatic heterocycles. The lowest BCUT2D eigenvalue weighted by Crippen LogP contribution is -2.49. The molecule has 0 saturated carbocycles. The van der Waals surface area contributed by atoms with Crippen molar-refractivity contribution in [2.45, 2.75) is 32.2 Å². The van der Waals surface area contributed by atoms with Crippen molar-refractivity contribution < 1.29 is 4.79 Å². The van der Waals surface area contributed by atoms with Crippen molar-refractivity contribution >= 4 is 11.7 Å². The molecule has 0 aliphatic carbocycles. The van der Waals surface area contributed by atoms with E-state index in [1.54, 1.807) is 12.5 Å². The normalized spacial score (nSPS) is 26.7. The third-order valence-corrected chi connectivity index (χ3v) is 4.67. The second kappa shape index (κ2) is 7.05. The minimum atomic E-state index is 0.128. The summed E-state index contributed by atoms with van der Waals surface area (Å²) in [6.07, 6.45) is 6.31. The standard InChI is InChI=1S/C16H25N5O/c1-12-8-13(10-18-9-12)16(22)20-14-3-6-21(7-4-14)15-2-5-17-11-19-15/h2,5,11-14,18H,3-4,6-10H2,1H3,(H,20,22). The molecule has 0 bridgehead atoms. The van der Waals surface area contributed by atoms with Gasteiger partial charge in [-0.2, -0.15) is 0 Å². The van der Waals surface area contributed by atoms with Gasteiger partial charge in [0.05, 0.1) is 5.92 Å². The van der Waals surface area contributed by atoms with Crippen molar-refractivity contribution in [1.29, 1.82) is 0 Å². The average Bonchev–Trinajstić information content (AvgIpc) is 2.56. The Balaban J connectivity index is 1.46. The highest BCUT2D eigenvalue weighted by molar-refractivity contribution is 5.79. The number of rotatable bonds is 3. The minimum Gasteiger partial charge on any atom is -0.356 e. The lowest BCUT2D eigenvalue weighted by Gasteiger charge is -2.34. The molecule has 2 unspecified atom stereocenters. The summed E-state index contributed by atoms with van der Waals surface area (Å²) in [4.78, 5) is 22.9. The Kier molecular flexibility index (Phi) is 4.87. The Bertz CT molecular complexity index is 487. The van der Waals surface area contributed by atoms with E-state index in [1.165, 1.54) is 0 Å². The van der Waals surface area contributed by atoms with Gasteiger partial charge in [0, 0.05) is 31.9 Å². The molecule has 2 saturated heterocycles. The number of carbonyl (C=O) groups is 1. The summed E-state index contributed by atoms with van der Waals surface area (Å²) in [5.41, 5.74) is 0. The topological polar surface area (TPSA) is 70.2 Å². The number of aromatic nitrogens is 2. The van der Waals surface area contributed by atoms with Crippen LogP contribution < -0.4 is 15.5 Å². The molecular formula is C16H25N5O. The zero-order valence-corrected chi connectivity index (χ0v) is 13.2. The number of amides is 1. The van der Waals surface area contributed by atoms with Crippen molar-refractivity contribution in [2.24, 2.45) is 11.8 Å². The van der Waals surface area contributed by atoms with Gasteiger partial charge in [0.25, 0.3) is 0 Å². The summed E-state index contributed by atoms with van der Waals surface area (Å²) in [5, 5.41) is 6.59.